The highest BCUT2D eigenvalue weighted by atomic mass is 32.2. The summed E-state index contributed by atoms with van der Waals surface area (Å²) in [7, 11) is -4.73. The third kappa shape index (κ3) is 4.38. The number of amides is 1. The highest BCUT2D eigenvalue weighted by molar-refractivity contribution is 7.91. The molecule has 0 aliphatic carbocycles. The first-order chi connectivity index (χ1) is 13.7. The standard InChI is InChI=1S/C19H14F2N2O4S2/c1-11(24)16-15(12-5-3-2-4-6-12)22-19(28-16)23-17(25)13-7-9-14(10-8-13)29(26,27)18(20)21/h2-10,18H,1H3,(H,22,23,25). The summed E-state index contributed by atoms with van der Waals surface area (Å²) in [4.78, 5) is 28.5. The normalized spacial score (nSPS) is 11.4. The lowest BCUT2D eigenvalue weighted by Gasteiger charge is -2.05. The van der Waals surface area contributed by atoms with Crippen molar-refractivity contribution in [1.29, 1.82) is 0 Å². The SMILES string of the molecule is CC(=O)c1sc(NC(=O)c2ccc(S(=O)(=O)C(F)F)cc2)nc1-c1ccccc1. The Morgan fingerprint density at radius 3 is 2.21 bits per heavy atom. The van der Waals surface area contributed by atoms with Gasteiger partial charge in [-0.1, -0.05) is 41.7 Å². The first-order valence-electron chi connectivity index (χ1n) is 8.21. The van der Waals surface area contributed by atoms with E-state index in [1.54, 1.807) is 24.3 Å². The van der Waals surface area contributed by atoms with Gasteiger partial charge in [-0.3, -0.25) is 14.9 Å². The lowest BCUT2D eigenvalue weighted by Crippen LogP contribution is -2.14. The molecule has 29 heavy (non-hydrogen) atoms. The third-order valence-corrected chi connectivity index (χ3v) is 6.36. The fourth-order valence-corrected chi connectivity index (χ4v) is 4.07. The number of carbonyl (C=O) groups is 2. The number of sulfone groups is 1. The molecule has 0 spiro atoms. The largest absolute Gasteiger partial charge is 0.341 e. The molecule has 0 bridgehead atoms. The smallest absolute Gasteiger partial charge is 0.298 e. The van der Waals surface area contributed by atoms with Gasteiger partial charge in [0.15, 0.2) is 10.9 Å². The number of benzene rings is 2. The molecule has 150 valence electrons. The van der Waals surface area contributed by atoms with Crippen molar-refractivity contribution in [3.8, 4) is 11.3 Å². The van der Waals surface area contributed by atoms with E-state index in [-0.39, 0.29) is 16.5 Å². The maximum Gasteiger partial charge on any atom is 0.341 e. The van der Waals surface area contributed by atoms with Crippen LogP contribution < -0.4 is 5.32 Å². The van der Waals surface area contributed by atoms with E-state index in [1.165, 1.54) is 6.92 Å². The monoisotopic (exact) mass is 436 g/mol. The summed E-state index contributed by atoms with van der Waals surface area (Å²) < 4.78 is 48.1. The van der Waals surface area contributed by atoms with Crippen LogP contribution in [0.4, 0.5) is 13.9 Å². The lowest BCUT2D eigenvalue weighted by molar-refractivity contribution is 0.101. The number of rotatable bonds is 6. The van der Waals surface area contributed by atoms with E-state index < -0.39 is 26.4 Å². The number of anilines is 1. The minimum Gasteiger partial charge on any atom is -0.298 e. The molecule has 0 atom stereocenters. The third-order valence-electron chi connectivity index (χ3n) is 3.89. The molecule has 1 aromatic heterocycles. The number of aromatic nitrogens is 1. The molecular weight excluding hydrogens is 422 g/mol. The van der Waals surface area contributed by atoms with Gasteiger partial charge in [0.1, 0.15) is 0 Å². The Labute approximate surface area is 169 Å². The number of alkyl halides is 2. The van der Waals surface area contributed by atoms with Gasteiger partial charge in [-0.05, 0) is 24.3 Å². The Morgan fingerprint density at radius 2 is 1.66 bits per heavy atom. The van der Waals surface area contributed by atoms with Crippen LogP contribution in [-0.4, -0.2) is 30.8 Å². The van der Waals surface area contributed by atoms with Crippen LogP contribution in [-0.2, 0) is 9.84 Å². The van der Waals surface area contributed by atoms with Gasteiger partial charge < -0.3 is 0 Å². The molecule has 0 radical (unpaired) electrons. The average molecular weight is 436 g/mol. The quantitative estimate of drug-likeness (QED) is 0.583. The molecule has 2 aromatic carbocycles. The summed E-state index contributed by atoms with van der Waals surface area (Å²) in [6.45, 7) is 1.40. The van der Waals surface area contributed by atoms with E-state index in [1.807, 2.05) is 6.07 Å². The minimum atomic E-state index is -4.73. The van der Waals surface area contributed by atoms with Crippen LogP contribution in [0.15, 0.2) is 59.5 Å². The fraction of sp³-hybridized carbons (Fsp3) is 0.105. The lowest BCUT2D eigenvalue weighted by atomic mass is 10.1. The summed E-state index contributed by atoms with van der Waals surface area (Å²) in [5, 5.41) is 2.73. The topological polar surface area (TPSA) is 93.2 Å². The molecule has 1 amide bonds. The van der Waals surface area contributed by atoms with E-state index in [0.29, 0.717) is 10.6 Å². The molecule has 0 aliphatic rings. The predicted molar refractivity (Wildman–Crippen MR) is 105 cm³/mol. The van der Waals surface area contributed by atoms with Crippen LogP contribution in [0, 0.1) is 0 Å². The first kappa shape index (κ1) is 20.7. The number of halogens is 2. The van der Waals surface area contributed by atoms with Crippen molar-refractivity contribution < 1.29 is 26.8 Å². The molecule has 0 aliphatic heterocycles. The van der Waals surface area contributed by atoms with Gasteiger partial charge in [0.25, 0.3) is 5.91 Å². The summed E-state index contributed by atoms with van der Waals surface area (Å²) in [6, 6.07) is 13.1. The number of ketones is 1. The van der Waals surface area contributed by atoms with Crippen LogP contribution >= 0.6 is 11.3 Å². The van der Waals surface area contributed by atoms with E-state index in [9.17, 15) is 26.8 Å². The van der Waals surface area contributed by atoms with Gasteiger partial charge in [-0.15, -0.1) is 0 Å². The fourth-order valence-electron chi connectivity index (χ4n) is 2.47. The number of Topliss-reactive ketones (excluding diaryl/α,β-unsaturated/α-hetero) is 1. The van der Waals surface area contributed by atoms with E-state index >= 15 is 0 Å². The number of nitrogens with one attached hydrogen (secondary N) is 1. The Morgan fingerprint density at radius 1 is 1.03 bits per heavy atom. The van der Waals surface area contributed by atoms with E-state index in [4.69, 9.17) is 0 Å². The molecule has 0 saturated heterocycles. The zero-order valence-electron chi connectivity index (χ0n) is 14.9. The number of nitrogens with zero attached hydrogens (tertiary/aromatic N) is 1. The van der Waals surface area contributed by atoms with Crippen LogP contribution in [0.1, 0.15) is 27.0 Å². The molecular formula is C19H14F2N2O4S2. The molecule has 1 N–H and O–H groups in total. The van der Waals surface area contributed by atoms with Crippen LogP contribution in [0.3, 0.4) is 0 Å². The zero-order valence-corrected chi connectivity index (χ0v) is 16.6. The van der Waals surface area contributed by atoms with Crippen molar-refractivity contribution in [2.45, 2.75) is 17.6 Å². The van der Waals surface area contributed by atoms with Crippen LogP contribution in [0.25, 0.3) is 11.3 Å². The molecule has 10 heteroatoms. The van der Waals surface area contributed by atoms with Crippen molar-refractivity contribution in [1.82, 2.24) is 4.98 Å². The van der Waals surface area contributed by atoms with Gasteiger partial charge >= 0.3 is 5.76 Å². The number of carbonyl (C=O) groups excluding carboxylic acids is 2. The Hall–Kier alpha value is -2.98. The van der Waals surface area contributed by atoms with Gasteiger partial charge in [0.05, 0.1) is 15.5 Å². The Bertz CT molecular complexity index is 1160. The van der Waals surface area contributed by atoms with Crippen molar-refractivity contribution in [3.63, 3.8) is 0 Å². The second-order valence-electron chi connectivity index (χ2n) is 5.90. The van der Waals surface area contributed by atoms with E-state index in [2.05, 4.69) is 10.3 Å². The second-order valence-corrected chi connectivity index (χ2v) is 8.82. The maximum atomic E-state index is 12.6. The van der Waals surface area contributed by atoms with Crippen molar-refractivity contribution >= 4 is 38.0 Å². The summed E-state index contributed by atoms with van der Waals surface area (Å²) in [5.74, 6) is -4.36. The van der Waals surface area contributed by atoms with Gasteiger partial charge in [-0.25, -0.2) is 13.4 Å². The zero-order chi connectivity index (χ0) is 21.2. The molecule has 3 rings (SSSR count). The highest BCUT2D eigenvalue weighted by Gasteiger charge is 2.26. The Balaban J connectivity index is 1.85. The Kier molecular flexibility index (Phi) is 5.85. The number of thiazole rings is 1. The molecule has 0 unspecified atom stereocenters. The van der Waals surface area contributed by atoms with Crippen molar-refractivity contribution in [2.75, 3.05) is 5.32 Å². The molecule has 0 fully saturated rings. The average Bonchev–Trinajstić information content (AvgIpc) is 3.12. The summed E-state index contributed by atoms with van der Waals surface area (Å²) in [5.41, 5.74) is 1.21. The summed E-state index contributed by atoms with van der Waals surface area (Å²) in [6.07, 6.45) is 0. The minimum absolute atomic E-state index is 0.0547. The predicted octanol–water partition coefficient (Wildman–Crippen LogP) is 4.26. The number of hydrogen-bond donors (Lipinski definition) is 1. The number of hydrogen-bond acceptors (Lipinski definition) is 6. The second kappa shape index (κ2) is 8.18. The molecule has 1 heterocycles. The van der Waals surface area contributed by atoms with Gasteiger partial charge in [0, 0.05) is 18.1 Å². The summed E-state index contributed by atoms with van der Waals surface area (Å²) >= 11 is 1.01. The van der Waals surface area contributed by atoms with E-state index in [0.717, 1.165) is 41.2 Å². The molecule has 0 saturated carbocycles. The first-order valence-corrected chi connectivity index (χ1v) is 10.6. The van der Waals surface area contributed by atoms with Crippen molar-refractivity contribution in [3.05, 3.63) is 65.0 Å². The van der Waals surface area contributed by atoms with Crippen molar-refractivity contribution in [2.24, 2.45) is 0 Å². The van der Waals surface area contributed by atoms with Gasteiger partial charge in [-0.2, -0.15) is 8.78 Å². The molecule has 3 aromatic rings. The van der Waals surface area contributed by atoms with Crippen LogP contribution in [0.5, 0.6) is 0 Å². The maximum absolute atomic E-state index is 12.6. The highest BCUT2D eigenvalue weighted by Crippen LogP contribution is 2.31. The van der Waals surface area contributed by atoms with Gasteiger partial charge in [0.2, 0.25) is 9.84 Å². The van der Waals surface area contributed by atoms with Crippen LogP contribution in [0.2, 0.25) is 0 Å². The molecule has 6 nitrogen and oxygen atoms in total.